The van der Waals surface area contributed by atoms with Crippen LogP contribution in [0, 0.1) is 12.3 Å². The summed E-state index contributed by atoms with van der Waals surface area (Å²) >= 11 is 0. The van der Waals surface area contributed by atoms with Crippen LogP contribution < -0.4 is 16.4 Å². The van der Waals surface area contributed by atoms with E-state index in [-0.39, 0.29) is 31.4 Å². The van der Waals surface area contributed by atoms with Crippen LogP contribution in [0.3, 0.4) is 0 Å². The number of carbonyl (C=O) groups is 2. The number of amides is 2. The molecule has 0 aromatic rings. The summed E-state index contributed by atoms with van der Waals surface area (Å²) in [4.78, 5) is 21.3. The number of rotatable bonds is 4. The molecular formula is C7H11N3O2. The Balaban J connectivity index is 3.45. The molecule has 0 unspecified atom stereocenters. The van der Waals surface area contributed by atoms with Gasteiger partial charge in [0.1, 0.15) is 0 Å². The third-order valence-electron chi connectivity index (χ3n) is 1.02. The lowest BCUT2D eigenvalue weighted by Crippen LogP contribution is -2.39. The fourth-order valence-electron chi connectivity index (χ4n) is 0.463. The summed E-state index contributed by atoms with van der Waals surface area (Å²) in [5, 5.41) is 4.68. The van der Waals surface area contributed by atoms with Gasteiger partial charge in [0.05, 0.1) is 19.6 Å². The Morgan fingerprint density at radius 3 is 2.50 bits per heavy atom. The molecular weight excluding hydrogens is 158 g/mol. The summed E-state index contributed by atoms with van der Waals surface area (Å²) in [7, 11) is 0. The normalized spacial score (nSPS) is 8.33. The first kappa shape index (κ1) is 10.5. The summed E-state index contributed by atoms with van der Waals surface area (Å²) in [6, 6.07) is 0. The molecule has 0 fully saturated rings. The lowest BCUT2D eigenvalue weighted by Gasteiger charge is -2.02. The fraction of sp³-hybridized carbons (Fsp3) is 0.429. The van der Waals surface area contributed by atoms with Gasteiger partial charge in [0, 0.05) is 0 Å². The highest BCUT2D eigenvalue weighted by atomic mass is 16.2. The highest BCUT2D eigenvalue weighted by Gasteiger charge is 2.01. The smallest absolute Gasteiger partial charge is 0.240 e. The number of terminal acetylenes is 1. The standard InChI is InChI=1S/C7H11N3O2/c1-2-3-9-7(12)5-10-6(11)4-8/h1H,3-5,8H2,(H,9,12)(H,10,11). The molecule has 2 amide bonds. The van der Waals surface area contributed by atoms with E-state index in [0.717, 1.165) is 0 Å². The number of hydrogen-bond acceptors (Lipinski definition) is 3. The molecule has 5 nitrogen and oxygen atoms in total. The van der Waals surface area contributed by atoms with Crippen molar-refractivity contribution in [2.75, 3.05) is 19.6 Å². The maximum Gasteiger partial charge on any atom is 0.240 e. The summed E-state index contributed by atoms with van der Waals surface area (Å²) < 4.78 is 0. The van der Waals surface area contributed by atoms with Crippen LogP contribution in [0.2, 0.25) is 0 Å². The zero-order valence-electron chi connectivity index (χ0n) is 6.59. The number of hydrogen-bond donors (Lipinski definition) is 3. The SMILES string of the molecule is C#CCNC(=O)CNC(=O)CN. The van der Waals surface area contributed by atoms with Gasteiger partial charge in [-0.15, -0.1) is 6.42 Å². The Hall–Kier alpha value is -1.54. The van der Waals surface area contributed by atoms with Crippen LogP contribution in [-0.2, 0) is 9.59 Å². The molecule has 0 saturated heterocycles. The van der Waals surface area contributed by atoms with Crippen molar-refractivity contribution in [3.05, 3.63) is 0 Å². The largest absolute Gasteiger partial charge is 0.346 e. The molecule has 0 atom stereocenters. The van der Waals surface area contributed by atoms with E-state index in [1.54, 1.807) is 0 Å². The van der Waals surface area contributed by atoms with Crippen molar-refractivity contribution in [2.24, 2.45) is 5.73 Å². The van der Waals surface area contributed by atoms with E-state index < -0.39 is 0 Å². The van der Waals surface area contributed by atoms with Crippen molar-refractivity contribution in [1.82, 2.24) is 10.6 Å². The molecule has 0 spiro atoms. The maximum atomic E-state index is 10.8. The van der Waals surface area contributed by atoms with Gasteiger partial charge in [-0.05, 0) is 0 Å². The van der Waals surface area contributed by atoms with Crippen molar-refractivity contribution in [3.8, 4) is 12.3 Å². The summed E-state index contributed by atoms with van der Waals surface area (Å²) in [6.07, 6.45) is 4.89. The van der Waals surface area contributed by atoms with E-state index in [0.29, 0.717) is 0 Å². The van der Waals surface area contributed by atoms with Gasteiger partial charge in [0.2, 0.25) is 11.8 Å². The molecule has 0 aromatic carbocycles. The van der Waals surface area contributed by atoms with Crippen molar-refractivity contribution < 1.29 is 9.59 Å². The lowest BCUT2D eigenvalue weighted by atomic mass is 10.5. The van der Waals surface area contributed by atoms with E-state index in [4.69, 9.17) is 12.2 Å². The fourth-order valence-corrected chi connectivity index (χ4v) is 0.463. The average Bonchev–Trinajstić information content (AvgIpc) is 2.10. The zero-order chi connectivity index (χ0) is 9.40. The van der Waals surface area contributed by atoms with Gasteiger partial charge in [-0.3, -0.25) is 9.59 Å². The molecule has 5 heteroatoms. The minimum atomic E-state index is -0.370. The van der Waals surface area contributed by atoms with E-state index in [1.165, 1.54) is 0 Å². The van der Waals surface area contributed by atoms with Gasteiger partial charge < -0.3 is 16.4 Å². The Morgan fingerprint density at radius 1 is 1.33 bits per heavy atom. The monoisotopic (exact) mass is 169 g/mol. The van der Waals surface area contributed by atoms with Crippen LogP contribution in [0.5, 0.6) is 0 Å². The van der Waals surface area contributed by atoms with Crippen LogP contribution in [0.4, 0.5) is 0 Å². The van der Waals surface area contributed by atoms with E-state index in [2.05, 4.69) is 16.6 Å². The predicted octanol–water partition coefficient (Wildman–Crippen LogP) is -2.19. The quantitative estimate of drug-likeness (QED) is 0.418. The van der Waals surface area contributed by atoms with Crippen molar-refractivity contribution in [2.45, 2.75) is 0 Å². The molecule has 0 heterocycles. The predicted molar refractivity (Wildman–Crippen MR) is 43.9 cm³/mol. The molecule has 0 aliphatic carbocycles. The van der Waals surface area contributed by atoms with Crippen molar-refractivity contribution in [1.29, 1.82) is 0 Å². The second-order valence-electron chi connectivity index (χ2n) is 1.96. The maximum absolute atomic E-state index is 10.8. The third kappa shape index (κ3) is 5.26. The van der Waals surface area contributed by atoms with Crippen molar-refractivity contribution >= 4 is 11.8 Å². The second kappa shape index (κ2) is 6.19. The summed E-state index contributed by atoms with van der Waals surface area (Å²) in [5.74, 6) is 1.54. The molecule has 0 aliphatic rings. The molecule has 12 heavy (non-hydrogen) atoms. The zero-order valence-corrected chi connectivity index (χ0v) is 6.59. The van der Waals surface area contributed by atoms with Crippen molar-refractivity contribution in [3.63, 3.8) is 0 Å². The lowest BCUT2D eigenvalue weighted by molar-refractivity contribution is -0.125. The van der Waals surface area contributed by atoms with E-state index >= 15 is 0 Å². The van der Waals surface area contributed by atoms with Crippen LogP contribution in [-0.4, -0.2) is 31.4 Å². The molecule has 4 N–H and O–H groups in total. The van der Waals surface area contributed by atoms with Crippen LogP contribution in [0.1, 0.15) is 0 Å². The number of nitrogens with two attached hydrogens (primary N) is 1. The number of nitrogens with one attached hydrogen (secondary N) is 2. The van der Waals surface area contributed by atoms with Crippen LogP contribution >= 0.6 is 0 Å². The molecule has 66 valence electrons. The second-order valence-corrected chi connectivity index (χ2v) is 1.96. The minimum Gasteiger partial charge on any atom is -0.346 e. The Kier molecular flexibility index (Phi) is 5.39. The van der Waals surface area contributed by atoms with E-state index in [9.17, 15) is 9.59 Å². The van der Waals surface area contributed by atoms with Gasteiger partial charge >= 0.3 is 0 Å². The summed E-state index contributed by atoms with van der Waals surface area (Å²) in [5.41, 5.74) is 4.98. The Labute approximate surface area is 70.7 Å². The number of carbonyl (C=O) groups excluding carboxylic acids is 2. The van der Waals surface area contributed by atoms with Gasteiger partial charge in [-0.25, -0.2) is 0 Å². The molecule has 0 saturated carbocycles. The summed E-state index contributed by atoms with van der Waals surface area (Å²) in [6.45, 7) is -0.0442. The molecule has 0 rings (SSSR count). The first-order valence-corrected chi connectivity index (χ1v) is 3.37. The Bertz CT molecular complexity index is 207. The molecule has 0 aliphatic heterocycles. The van der Waals surface area contributed by atoms with Gasteiger partial charge in [-0.2, -0.15) is 0 Å². The van der Waals surface area contributed by atoms with Crippen LogP contribution in [0.25, 0.3) is 0 Å². The minimum absolute atomic E-state index is 0.0856. The molecule has 0 radical (unpaired) electrons. The highest BCUT2D eigenvalue weighted by Crippen LogP contribution is 1.64. The average molecular weight is 169 g/mol. The van der Waals surface area contributed by atoms with Gasteiger partial charge in [0.25, 0.3) is 0 Å². The first-order valence-electron chi connectivity index (χ1n) is 3.37. The van der Waals surface area contributed by atoms with Gasteiger partial charge in [-0.1, -0.05) is 5.92 Å². The van der Waals surface area contributed by atoms with E-state index in [1.807, 2.05) is 0 Å². The third-order valence-corrected chi connectivity index (χ3v) is 1.02. The Morgan fingerprint density at radius 2 is 2.00 bits per heavy atom. The van der Waals surface area contributed by atoms with Gasteiger partial charge in [0.15, 0.2) is 0 Å². The highest BCUT2D eigenvalue weighted by molar-refractivity contribution is 5.85. The molecule has 0 bridgehead atoms. The van der Waals surface area contributed by atoms with Crippen LogP contribution in [0.15, 0.2) is 0 Å². The first-order chi connectivity index (χ1) is 5.70. The topological polar surface area (TPSA) is 84.2 Å². The molecule has 0 aromatic heterocycles.